The molecule has 61 heavy (non-hydrogen) atoms. The standard InChI is InChI=1S/C49H94O9Si3/c1-32(2)60(33(3)4,34(5)6)52-29-21-22-38-30-42(57-61(35(7)8,36(9)10)37(11)12)46-41(53-38)31-44-48(16,56-46)27-25-39-40(55-44)26-28-49(17,58-59(19,20)47(13,14)15)43(54-39)23-24-45(50)51-18/h23-24,32-44,46H,21-22,25-31H2,1-20H3/b24-23+/t38-,39+,40-,41-,42+,43-,44+,46-,48-,49+/m1/s1. The minimum absolute atomic E-state index is 0.00807. The molecule has 0 unspecified atom stereocenters. The summed E-state index contributed by atoms with van der Waals surface area (Å²) in [6, 6.07) is 0. The van der Waals surface area contributed by atoms with Gasteiger partial charge in [-0.15, -0.1) is 0 Å². The first-order valence-electron chi connectivity index (χ1n) is 24.5. The highest BCUT2D eigenvalue weighted by Gasteiger charge is 2.58. The fraction of sp³-hybridized carbons (Fsp3) is 0.939. The third-order valence-corrected chi connectivity index (χ3v) is 33.2. The number of carbonyl (C=O) groups is 1. The smallest absolute Gasteiger partial charge is 0.330 e. The van der Waals surface area contributed by atoms with E-state index in [1.54, 1.807) is 0 Å². The van der Waals surface area contributed by atoms with Crippen molar-refractivity contribution in [3.63, 3.8) is 0 Å². The van der Waals surface area contributed by atoms with Gasteiger partial charge in [0.25, 0.3) is 0 Å². The minimum Gasteiger partial charge on any atom is -0.466 e. The van der Waals surface area contributed by atoms with Gasteiger partial charge in [-0.05, 0) is 110 Å². The van der Waals surface area contributed by atoms with Crippen LogP contribution in [0.5, 0.6) is 0 Å². The molecule has 0 amide bonds. The van der Waals surface area contributed by atoms with Gasteiger partial charge in [0.15, 0.2) is 16.6 Å². The van der Waals surface area contributed by atoms with E-state index in [1.807, 2.05) is 6.08 Å². The number of carbonyl (C=O) groups excluding carboxylic acids is 1. The average Bonchev–Trinajstić information content (AvgIpc) is 3.35. The summed E-state index contributed by atoms with van der Waals surface area (Å²) >= 11 is 0. The van der Waals surface area contributed by atoms with Crippen LogP contribution in [0.2, 0.25) is 51.4 Å². The van der Waals surface area contributed by atoms with Crippen molar-refractivity contribution in [1.29, 1.82) is 0 Å². The van der Waals surface area contributed by atoms with Crippen LogP contribution in [0.4, 0.5) is 0 Å². The van der Waals surface area contributed by atoms with Crippen molar-refractivity contribution in [2.45, 2.75) is 280 Å². The van der Waals surface area contributed by atoms with Crippen LogP contribution in [0.3, 0.4) is 0 Å². The Hall–Kier alpha value is -0.419. The average molecular weight is 912 g/mol. The SMILES string of the molecule is COC(=O)/C=C/[C@H]1O[C@H]2CC[C@@]3(C)O[C@H]4[C@@H](O[Si](C(C)C)(C(C)C)C(C)C)C[C@@H](CCCO[Si](C(C)C)(C(C)C)C(C)C)O[C@@H]4C[C@@H]3O[C@@H]2CC[C@]1(C)O[Si](C)(C)C(C)(C)C. The lowest BCUT2D eigenvalue weighted by Crippen LogP contribution is -2.65. The summed E-state index contributed by atoms with van der Waals surface area (Å²) in [5, 5.41) is 0.00807. The molecule has 0 aromatic rings. The number of hydrogen-bond acceptors (Lipinski definition) is 9. The molecule has 0 aliphatic carbocycles. The first-order valence-corrected chi connectivity index (χ1v) is 31.7. The van der Waals surface area contributed by atoms with Crippen LogP contribution >= 0.6 is 0 Å². The molecule has 0 bridgehead atoms. The largest absolute Gasteiger partial charge is 0.466 e. The van der Waals surface area contributed by atoms with E-state index < -0.39 is 48.2 Å². The van der Waals surface area contributed by atoms with Crippen LogP contribution in [-0.2, 0) is 41.8 Å². The van der Waals surface area contributed by atoms with E-state index in [0.717, 1.165) is 58.0 Å². The third-order valence-electron chi connectivity index (χ3n) is 16.4. The predicted molar refractivity (Wildman–Crippen MR) is 257 cm³/mol. The van der Waals surface area contributed by atoms with Gasteiger partial charge < -0.3 is 37.0 Å². The molecule has 4 heterocycles. The van der Waals surface area contributed by atoms with Crippen molar-refractivity contribution in [3.05, 3.63) is 12.2 Å². The van der Waals surface area contributed by atoms with Crippen molar-refractivity contribution in [3.8, 4) is 0 Å². The number of rotatable bonds is 17. The molecule has 0 spiro atoms. The Morgan fingerprint density at radius 3 is 1.82 bits per heavy atom. The van der Waals surface area contributed by atoms with Gasteiger partial charge in [0.05, 0.1) is 54.9 Å². The highest BCUT2D eigenvalue weighted by Crippen LogP contribution is 2.51. The molecular formula is C49H94O9Si3. The second kappa shape index (κ2) is 20.6. The molecule has 356 valence electrons. The highest BCUT2D eigenvalue weighted by atomic mass is 28.4. The van der Waals surface area contributed by atoms with Gasteiger partial charge in [0, 0.05) is 25.5 Å². The molecule has 4 aliphatic rings. The molecule has 0 N–H and O–H groups in total. The van der Waals surface area contributed by atoms with Crippen LogP contribution in [0, 0.1) is 0 Å². The van der Waals surface area contributed by atoms with Gasteiger partial charge in [-0.2, -0.15) is 0 Å². The zero-order valence-electron chi connectivity index (χ0n) is 42.8. The van der Waals surface area contributed by atoms with E-state index in [0.29, 0.717) is 33.2 Å². The lowest BCUT2D eigenvalue weighted by atomic mass is 9.81. The molecule has 10 atom stereocenters. The Balaban J connectivity index is 1.64. The van der Waals surface area contributed by atoms with Gasteiger partial charge in [-0.25, -0.2) is 4.79 Å². The van der Waals surface area contributed by atoms with Gasteiger partial charge in [-0.3, -0.25) is 0 Å². The predicted octanol–water partition coefficient (Wildman–Crippen LogP) is 12.8. The van der Waals surface area contributed by atoms with E-state index in [2.05, 4.69) is 131 Å². The first kappa shape index (κ1) is 53.2. The molecule has 4 fully saturated rings. The maximum Gasteiger partial charge on any atom is 0.330 e. The van der Waals surface area contributed by atoms with E-state index in [-0.39, 0.29) is 47.8 Å². The molecule has 0 aromatic carbocycles. The van der Waals surface area contributed by atoms with Gasteiger partial charge in [0.2, 0.25) is 8.32 Å². The van der Waals surface area contributed by atoms with E-state index in [9.17, 15) is 4.79 Å². The number of methoxy groups -OCH3 is 1. The normalized spacial score (nSPS) is 33.3. The number of fused-ring (bicyclic) bond motifs is 3. The van der Waals surface area contributed by atoms with Crippen LogP contribution in [0.15, 0.2) is 12.2 Å². The molecule has 12 heteroatoms. The first-order chi connectivity index (χ1) is 28.1. The molecule has 0 aromatic heterocycles. The maximum absolute atomic E-state index is 12.4. The van der Waals surface area contributed by atoms with Gasteiger partial charge >= 0.3 is 5.97 Å². The van der Waals surface area contributed by atoms with Crippen LogP contribution in [0.1, 0.15) is 169 Å². The Morgan fingerprint density at radius 2 is 1.30 bits per heavy atom. The molecule has 0 radical (unpaired) electrons. The van der Waals surface area contributed by atoms with Crippen molar-refractivity contribution >= 4 is 30.9 Å². The second-order valence-corrected chi connectivity index (χ2v) is 38.9. The maximum atomic E-state index is 12.4. The summed E-state index contributed by atoms with van der Waals surface area (Å²) in [5.74, 6) is -0.399. The Kier molecular flexibility index (Phi) is 18.0. The Morgan fingerprint density at radius 1 is 0.754 bits per heavy atom. The van der Waals surface area contributed by atoms with Crippen molar-refractivity contribution < 1.29 is 41.8 Å². The number of ether oxygens (including phenoxy) is 5. The number of hydrogen-bond donors (Lipinski definition) is 0. The zero-order valence-corrected chi connectivity index (χ0v) is 45.8. The van der Waals surface area contributed by atoms with Crippen LogP contribution < -0.4 is 0 Å². The fourth-order valence-electron chi connectivity index (χ4n) is 12.2. The highest BCUT2D eigenvalue weighted by molar-refractivity contribution is 6.78. The molecule has 4 rings (SSSR count). The lowest BCUT2D eigenvalue weighted by molar-refractivity contribution is -0.290. The lowest BCUT2D eigenvalue weighted by Gasteiger charge is -2.55. The zero-order chi connectivity index (χ0) is 46.1. The Labute approximate surface area is 377 Å². The van der Waals surface area contributed by atoms with E-state index in [4.69, 9.17) is 37.0 Å². The van der Waals surface area contributed by atoms with Crippen LogP contribution in [-0.4, -0.2) is 105 Å². The third kappa shape index (κ3) is 11.4. The quantitative estimate of drug-likeness (QED) is 0.0612. The minimum atomic E-state index is -2.25. The molecule has 0 saturated carbocycles. The molecule has 4 saturated heterocycles. The summed E-state index contributed by atoms with van der Waals surface area (Å²) in [5.41, 5.74) is 1.90. The van der Waals surface area contributed by atoms with Crippen LogP contribution in [0.25, 0.3) is 0 Å². The number of esters is 1. The second-order valence-electron chi connectivity index (χ2n) is 23.3. The van der Waals surface area contributed by atoms with Crippen molar-refractivity contribution in [1.82, 2.24) is 0 Å². The summed E-state index contributed by atoms with van der Waals surface area (Å²) < 4.78 is 56.0. The molecule has 4 aliphatic heterocycles. The summed E-state index contributed by atoms with van der Waals surface area (Å²) in [6.07, 6.45) is 8.69. The van der Waals surface area contributed by atoms with Gasteiger partial charge in [-0.1, -0.05) is 104 Å². The van der Waals surface area contributed by atoms with E-state index in [1.165, 1.54) is 13.2 Å². The molecular weight excluding hydrogens is 817 g/mol. The van der Waals surface area contributed by atoms with Gasteiger partial charge in [0.1, 0.15) is 12.2 Å². The summed E-state index contributed by atoms with van der Waals surface area (Å²) in [7, 11) is -5.03. The van der Waals surface area contributed by atoms with E-state index >= 15 is 0 Å². The van der Waals surface area contributed by atoms with Crippen molar-refractivity contribution in [2.75, 3.05) is 13.7 Å². The fourth-order valence-corrected chi connectivity index (χ4v) is 25.0. The molecule has 9 nitrogen and oxygen atoms in total. The monoisotopic (exact) mass is 911 g/mol. The summed E-state index contributed by atoms with van der Waals surface area (Å²) in [4.78, 5) is 12.4. The topological polar surface area (TPSA) is 90.9 Å². The Bertz CT molecular complexity index is 1400. The summed E-state index contributed by atoms with van der Waals surface area (Å²) in [6.45, 7) is 45.0. The van der Waals surface area contributed by atoms with Crippen molar-refractivity contribution in [2.24, 2.45) is 0 Å².